The van der Waals surface area contributed by atoms with E-state index in [0.717, 1.165) is 22.4 Å². The van der Waals surface area contributed by atoms with Gasteiger partial charge in [0, 0.05) is 5.69 Å². The van der Waals surface area contributed by atoms with E-state index in [9.17, 15) is 9.18 Å². The summed E-state index contributed by atoms with van der Waals surface area (Å²) in [6.07, 6.45) is 0. The van der Waals surface area contributed by atoms with Crippen molar-refractivity contribution in [1.29, 1.82) is 0 Å². The van der Waals surface area contributed by atoms with Gasteiger partial charge in [0.05, 0.1) is 6.04 Å². The third kappa shape index (κ3) is 3.35. The minimum absolute atomic E-state index is 0.146. The van der Waals surface area contributed by atoms with E-state index in [4.69, 9.17) is 0 Å². The number of carbonyl (C=O) groups excluding carboxylic acids is 1. The quantitative estimate of drug-likeness (QED) is 0.704. The molecule has 0 unspecified atom stereocenters. The Balaban J connectivity index is 1.68. The lowest BCUT2D eigenvalue weighted by Crippen LogP contribution is -2.41. The van der Waals surface area contributed by atoms with Crippen LogP contribution in [0.1, 0.15) is 28.6 Å². The van der Waals surface area contributed by atoms with Crippen LogP contribution >= 0.6 is 11.8 Å². The van der Waals surface area contributed by atoms with Crippen LogP contribution in [0.4, 0.5) is 10.1 Å². The van der Waals surface area contributed by atoms with E-state index < -0.39 is 5.25 Å². The fourth-order valence-electron chi connectivity index (χ4n) is 3.17. The molecule has 1 aliphatic rings. The molecule has 2 heterocycles. The Labute approximate surface area is 166 Å². The lowest BCUT2D eigenvalue weighted by Gasteiger charge is -2.32. The molecule has 0 saturated heterocycles. The van der Waals surface area contributed by atoms with Crippen LogP contribution in [0, 0.1) is 26.6 Å². The Morgan fingerprint density at radius 1 is 1.14 bits per heavy atom. The third-order valence-electron chi connectivity index (χ3n) is 4.95. The number of hydrogen-bond acceptors (Lipinski definition) is 5. The molecule has 6 nitrogen and oxygen atoms in total. The summed E-state index contributed by atoms with van der Waals surface area (Å²) in [5.41, 5.74) is 7.05. The van der Waals surface area contributed by atoms with Crippen LogP contribution < -0.4 is 10.7 Å². The van der Waals surface area contributed by atoms with Crippen LogP contribution in [0.3, 0.4) is 0 Å². The third-order valence-corrected chi connectivity index (χ3v) is 6.16. The van der Waals surface area contributed by atoms with E-state index in [0.29, 0.717) is 11.0 Å². The van der Waals surface area contributed by atoms with Crippen molar-refractivity contribution in [1.82, 2.24) is 14.9 Å². The molecular formula is C20H20FN5OS. The molecule has 0 aliphatic carbocycles. The Kier molecular flexibility index (Phi) is 4.80. The fraction of sp³-hybridized carbons (Fsp3) is 0.250. The van der Waals surface area contributed by atoms with Gasteiger partial charge in [0.25, 0.3) is 0 Å². The number of nitrogens with zero attached hydrogens (tertiary/aromatic N) is 3. The first kappa shape index (κ1) is 18.5. The molecule has 3 aromatic rings. The maximum Gasteiger partial charge on any atom is 0.240 e. The van der Waals surface area contributed by atoms with Crippen molar-refractivity contribution in [2.24, 2.45) is 0 Å². The van der Waals surface area contributed by atoms with Crippen molar-refractivity contribution in [2.45, 2.75) is 37.2 Å². The average molecular weight is 397 g/mol. The van der Waals surface area contributed by atoms with E-state index in [2.05, 4.69) is 20.9 Å². The van der Waals surface area contributed by atoms with Crippen LogP contribution in [0.25, 0.3) is 0 Å². The number of hydrogen-bond donors (Lipinski definition) is 2. The number of thioether (sulfide) groups is 1. The summed E-state index contributed by atoms with van der Waals surface area (Å²) in [7, 11) is 0. The topological polar surface area (TPSA) is 71.8 Å². The number of aromatic nitrogens is 3. The number of anilines is 1. The lowest BCUT2D eigenvalue weighted by atomic mass is 10.0. The second kappa shape index (κ2) is 7.27. The van der Waals surface area contributed by atoms with Crippen molar-refractivity contribution in [3.63, 3.8) is 0 Å². The standard InChI is InChI=1S/C20H20FN5OS/c1-11-5-4-6-16(12(11)2)22-19(27)18-17(14-7-9-15(21)10-8-14)25-26-13(3)23-24-20(26)28-18/h4-10,17-18,25H,1-3H3,(H,22,27)/t17-,18-/m0/s1. The SMILES string of the molecule is Cc1cccc(NC(=O)[C@H]2Sc3nnc(C)n3N[C@H]2c2ccc(F)cc2)c1C. The Morgan fingerprint density at radius 2 is 1.89 bits per heavy atom. The minimum atomic E-state index is -0.499. The molecule has 144 valence electrons. The van der Waals surface area contributed by atoms with Crippen LogP contribution in [0.5, 0.6) is 0 Å². The highest BCUT2D eigenvalue weighted by atomic mass is 32.2. The second-order valence-corrected chi connectivity index (χ2v) is 7.91. The van der Waals surface area contributed by atoms with Crippen LogP contribution in [0.15, 0.2) is 47.6 Å². The molecule has 0 radical (unpaired) electrons. The largest absolute Gasteiger partial charge is 0.325 e. The van der Waals surface area contributed by atoms with E-state index in [-0.39, 0.29) is 17.8 Å². The number of benzene rings is 2. The predicted octanol–water partition coefficient (Wildman–Crippen LogP) is 3.74. The van der Waals surface area contributed by atoms with Gasteiger partial charge in [-0.05, 0) is 55.7 Å². The second-order valence-electron chi connectivity index (χ2n) is 6.80. The molecule has 8 heteroatoms. The lowest BCUT2D eigenvalue weighted by molar-refractivity contribution is -0.116. The van der Waals surface area contributed by atoms with Crippen LogP contribution in [-0.2, 0) is 4.79 Å². The smallest absolute Gasteiger partial charge is 0.240 e. The Hall–Kier alpha value is -2.87. The van der Waals surface area contributed by atoms with Crippen molar-refractivity contribution in [3.8, 4) is 0 Å². The van der Waals surface area contributed by atoms with Gasteiger partial charge in [-0.2, -0.15) is 0 Å². The summed E-state index contributed by atoms with van der Waals surface area (Å²) in [6, 6.07) is 11.6. The molecule has 0 bridgehead atoms. The minimum Gasteiger partial charge on any atom is -0.325 e. The summed E-state index contributed by atoms with van der Waals surface area (Å²) >= 11 is 1.34. The van der Waals surface area contributed by atoms with Gasteiger partial charge in [0.15, 0.2) is 0 Å². The van der Waals surface area contributed by atoms with Crippen molar-refractivity contribution in [3.05, 3.63) is 70.8 Å². The predicted molar refractivity (Wildman–Crippen MR) is 107 cm³/mol. The molecule has 4 rings (SSSR count). The summed E-state index contributed by atoms with van der Waals surface area (Å²) in [5.74, 6) is 0.236. The van der Waals surface area contributed by atoms with Gasteiger partial charge in [-0.1, -0.05) is 36.0 Å². The number of aryl methyl sites for hydroxylation is 2. The molecule has 1 amide bonds. The summed E-state index contributed by atoms with van der Waals surface area (Å²) in [6.45, 7) is 5.82. The number of amides is 1. The Bertz CT molecular complexity index is 1030. The van der Waals surface area contributed by atoms with Gasteiger partial charge in [-0.25, -0.2) is 9.07 Å². The first-order valence-corrected chi connectivity index (χ1v) is 9.80. The highest BCUT2D eigenvalue weighted by Crippen LogP contribution is 2.37. The fourth-order valence-corrected chi connectivity index (χ4v) is 4.30. The van der Waals surface area contributed by atoms with Crippen molar-refractivity contribution in [2.75, 3.05) is 10.7 Å². The summed E-state index contributed by atoms with van der Waals surface area (Å²) in [5, 5.41) is 11.4. The molecule has 2 N–H and O–H groups in total. The van der Waals surface area contributed by atoms with Gasteiger partial charge >= 0.3 is 0 Å². The molecule has 2 aromatic carbocycles. The molecule has 2 atom stereocenters. The molecule has 0 saturated carbocycles. The first-order chi connectivity index (χ1) is 13.4. The molecule has 28 heavy (non-hydrogen) atoms. The molecule has 0 spiro atoms. The van der Waals surface area contributed by atoms with Gasteiger partial charge in [-0.3, -0.25) is 4.79 Å². The normalized spacial score (nSPS) is 18.3. The van der Waals surface area contributed by atoms with E-state index in [1.807, 2.05) is 39.0 Å². The molecule has 1 aromatic heterocycles. The van der Waals surface area contributed by atoms with Crippen LogP contribution in [-0.4, -0.2) is 26.0 Å². The molecule has 1 aliphatic heterocycles. The van der Waals surface area contributed by atoms with Crippen molar-refractivity contribution >= 4 is 23.4 Å². The number of nitrogens with one attached hydrogen (secondary N) is 2. The van der Waals surface area contributed by atoms with Crippen molar-refractivity contribution < 1.29 is 9.18 Å². The van der Waals surface area contributed by atoms with Gasteiger partial charge in [0.2, 0.25) is 11.1 Å². The van der Waals surface area contributed by atoms with E-state index in [1.54, 1.807) is 16.8 Å². The number of carbonyl (C=O) groups is 1. The zero-order valence-electron chi connectivity index (χ0n) is 15.7. The highest BCUT2D eigenvalue weighted by Gasteiger charge is 2.37. The summed E-state index contributed by atoms with van der Waals surface area (Å²) < 4.78 is 15.2. The zero-order chi connectivity index (χ0) is 19.8. The average Bonchev–Trinajstić information content (AvgIpc) is 3.05. The van der Waals surface area contributed by atoms with E-state index >= 15 is 0 Å². The van der Waals surface area contributed by atoms with Crippen LogP contribution in [0.2, 0.25) is 0 Å². The zero-order valence-corrected chi connectivity index (χ0v) is 16.5. The molecule has 0 fully saturated rings. The van der Waals surface area contributed by atoms with E-state index in [1.165, 1.54) is 23.9 Å². The first-order valence-electron chi connectivity index (χ1n) is 8.92. The highest BCUT2D eigenvalue weighted by molar-refractivity contribution is 8.00. The monoisotopic (exact) mass is 397 g/mol. The van der Waals surface area contributed by atoms with Gasteiger partial charge in [0.1, 0.15) is 16.9 Å². The molecular weight excluding hydrogens is 377 g/mol. The van der Waals surface area contributed by atoms with Gasteiger partial charge < -0.3 is 10.7 Å². The number of rotatable bonds is 3. The Morgan fingerprint density at radius 3 is 2.64 bits per heavy atom. The number of halogens is 1. The summed E-state index contributed by atoms with van der Waals surface area (Å²) in [4.78, 5) is 13.2. The number of fused-ring (bicyclic) bond motifs is 1. The maximum absolute atomic E-state index is 13.4. The maximum atomic E-state index is 13.4. The van der Waals surface area contributed by atoms with Gasteiger partial charge in [-0.15, -0.1) is 10.2 Å².